The van der Waals surface area contributed by atoms with Gasteiger partial charge in [-0.25, -0.2) is 0 Å². The van der Waals surface area contributed by atoms with Crippen LogP contribution in [0.25, 0.3) is 5.57 Å². The number of hydrogen-bond acceptors (Lipinski definition) is 1. The third-order valence-corrected chi connectivity index (χ3v) is 3.27. The molecule has 0 amide bonds. The Labute approximate surface area is 109 Å². The van der Waals surface area contributed by atoms with Gasteiger partial charge >= 0.3 is 0 Å². The second kappa shape index (κ2) is 5.54. The molecule has 0 bridgehead atoms. The van der Waals surface area contributed by atoms with Gasteiger partial charge in [0.15, 0.2) is 0 Å². The fourth-order valence-electron chi connectivity index (χ4n) is 2.00. The van der Waals surface area contributed by atoms with Crippen LogP contribution >= 0.6 is 0 Å². The molecular formula is C17H19N. The molecule has 0 atom stereocenters. The zero-order chi connectivity index (χ0) is 13.0. The van der Waals surface area contributed by atoms with Gasteiger partial charge in [-0.15, -0.1) is 0 Å². The van der Waals surface area contributed by atoms with Gasteiger partial charge in [0.1, 0.15) is 0 Å². The van der Waals surface area contributed by atoms with E-state index in [2.05, 4.69) is 49.4 Å². The minimum absolute atomic E-state index is 0.883. The van der Waals surface area contributed by atoms with E-state index in [0.717, 1.165) is 17.7 Å². The van der Waals surface area contributed by atoms with Crippen molar-refractivity contribution in [2.45, 2.75) is 20.3 Å². The predicted molar refractivity (Wildman–Crippen MR) is 79.4 cm³/mol. The van der Waals surface area contributed by atoms with Gasteiger partial charge in [0.2, 0.25) is 0 Å². The fourth-order valence-corrected chi connectivity index (χ4v) is 2.00. The molecule has 18 heavy (non-hydrogen) atoms. The molecule has 0 aliphatic rings. The summed E-state index contributed by atoms with van der Waals surface area (Å²) in [5.41, 5.74) is 11.9. The Balaban J connectivity index is 2.18. The lowest BCUT2D eigenvalue weighted by molar-refractivity contribution is 1.25. The average molecular weight is 237 g/mol. The van der Waals surface area contributed by atoms with Crippen molar-refractivity contribution < 1.29 is 0 Å². The molecule has 2 aromatic carbocycles. The zero-order valence-corrected chi connectivity index (χ0v) is 11.0. The van der Waals surface area contributed by atoms with Gasteiger partial charge in [0.05, 0.1) is 0 Å². The fraction of sp³-hybridized carbons (Fsp3) is 0.176. The molecule has 0 radical (unpaired) electrons. The molecule has 0 fully saturated rings. The number of benzene rings is 2. The molecule has 0 saturated heterocycles. The molecule has 2 aromatic rings. The first-order valence-corrected chi connectivity index (χ1v) is 6.24. The highest BCUT2D eigenvalue weighted by Crippen LogP contribution is 2.19. The molecule has 1 nitrogen and oxygen atoms in total. The smallest absolute Gasteiger partial charge is 0.0379 e. The highest BCUT2D eigenvalue weighted by molar-refractivity contribution is 5.64. The zero-order valence-electron chi connectivity index (χ0n) is 11.0. The van der Waals surface area contributed by atoms with Crippen molar-refractivity contribution in [1.29, 1.82) is 0 Å². The number of allylic oxidation sites excluding steroid dienone is 2. The van der Waals surface area contributed by atoms with Gasteiger partial charge in [0, 0.05) is 5.69 Å². The van der Waals surface area contributed by atoms with Crippen LogP contribution in [0.3, 0.4) is 0 Å². The van der Waals surface area contributed by atoms with Crippen LogP contribution in [0.15, 0.2) is 54.6 Å². The SMILES string of the molecule is C/C(=C\Cc1cccc(C)c1N)c1ccccc1. The maximum atomic E-state index is 6.08. The molecule has 92 valence electrons. The normalized spacial score (nSPS) is 11.6. The Kier molecular flexibility index (Phi) is 3.83. The number of hydrogen-bond donors (Lipinski definition) is 1. The molecule has 0 saturated carbocycles. The minimum atomic E-state index is 0.883. The maximum absolute atomic E-state index is 6.08. The monoisotopic (exact) mass is 237 g/mol. The van der Waals surface area contributed by atoms with Crippen molar-refractivity contribution in [2.75, 3.05) is 5.73 Å². The van der Waals surface area contributed by atoms with E-state index in [-0.39, 0.29) is 0 Å². The van der Waals surface area contributed by atoms with Crippen molar-refractivity contribution in [1.82, 2.24) is 0 Å². The average Bonchev–Trinajstić information content (AvgIpc) is 2.41. The van der Waals surface area contributed by atoms with E-state index in [4.69, 9.17) is 5.73 Å². The van der Waals surface area contributed by atoms with Gasteiger partial charge in [-0.1, -0.05) is 54.6 Å². The molecule has 1 heteroatoms. The predicted octanol–water partition coefficient (Wildman–Crippen LogP) is 4.22. The highest BCUT2D eigenvalue weighted by Gasteiger charge is 2.00. The van der Waals surface area contributed by atoms with Crippen LogP contribution in [-0.4, -0.2) is 0 Å². The van der Waals surface area contributed by atoms with Crippen molar-refractivity contribution in [2.24, 2.45) is 0 Å². The first-order valence-electron chi connectivity index (χ1n) is 6.24. The number of anilines is 1. The summed E-state index contributed by atoms with van der Waals surface area (Å²) >= 11 is 0. The number of nitrogens with two attached hydrogens (primary N) is 1. The Hall–Kier alpha value is -2.02. The van der Waals surface area contributed by atoms with Crippen LogP contribution < -0.4 is 5.73 Å². The molecule has 2 N–H and O–H groups in total. The van der Waals surface area contributed by atoms with E-state index in [1.807, 2.05) is 19.1 Å². The molecule has 0 spiro atoms. The van der Waals surface area contributed by atoms with Crippen LogP contribution in [0, 0.1) is 6.92 Å². The van der Waals surface area contributed by atoms with E-state index in [9.17, 15) is 0 Å². The van der Waals surface area contributed by atoms with E-state index in [0.29, 0.717) is 0 Å². The van der Waals surface area contributed by atoms with Gasteiger partial charge in [0.25, 0.3) is 0 Å². The molecule has 0 heterocycles. The Morgan fingerprint density at radius 2 is 1.78 bits per heavy atom. The lowest BCUT2D eigenvalue weighted by Crippen LogP contribution is -1.96. The highest BCUT2D eigenvalue weighted by atomic mass is 14.6. The first-order chi connectivity index (χ1) is 8.68. The van der Waals surface area contributed by atoms with Crippen LogP contribution in [0.1, 0.15) is 23.6 Å². The topological polar surface area (TPSA) is 26.0 Å². The molecule has 2 rings (SSSR count). The van der Waals surface area contributed by atoms with Crippen LogP contribution in [0.2, 0.25) is 0 Å². The molecule has 0 aromatic heterocycles. The van der Waals surface area contributed by atoms with E-state index < -0.39 is 0 Å². The standard InChI is InChI=1S/C17H19N/c1-13(15-8-4-3-5-9-15)11-12-16-10-6-7-14(2)17(16)18/h3-11H,12,18H2,1-2H3/b13-11+. The van der Waals surface area contributed by atoms with Gasteiger partial charge in [-0.2, -0.15) is 0 Å². The lowest BCUT2D eigenvalue weighted by atomic mass is 10.0. The second-order valence-electron chi connectivity index (χ2n) is 4.60. The number of para-hydroxylation sites is 1. The minimum Gasteiger partial charge on any atom is -0.398 e. The van der Waals surface area contributed by atoms with E-state index >= 15 is 0 Å². The first kappa shape index (κ1) is 12.4. The van der Waals surface area contributed by atoms with Gasteiger partial charge in [-0.05, 0) is 42.5 Å². The second-order valence-corrected chi connectivity index (χ2v) is 4.60. The number of rotatable bonds is 3. The van der Waals surface area contributed by atoms with Crippen molar-refractivity contribution in [3.8, 4) is 0 Å². The summed E-state index contributed by atoms with van der Waals surface area (Å²) in [7, 11) is 0. The van der Waals surface area contributed by atoms with Crippen molar-refractivity contribution >= 4 is 11.3 Å². The van der Waals surface area contributed by atoms with Crippen LogP contribution in [0.5, 0.6) is 0 Å². The number of aryl methyl sites for hydroxylation is 1. The summed E-state index contributed by atoms with van der Waals surface area (Å²) in [5, 5.41) is 0. The summed E-state index contributed by atoms with van der Waals surface area (Å²) in [4.78, 5) is 0. The van der Waals surface area contributed by atoms with E-state index in [1.54, 1.807) is 0 Å². The summed E-state index contributed by atoms with van der Waals surface area (Å²) in [6.07, 6.45) is 3.12. The molecular weight excluding hydrogens is 218 g/mol. The summed E-state index contributed by atoms with van der Waals surface area (Å²) in [6, 6.07) is 16.6. The van der Waals surface area contributed by atoms with Crippen LogP contribution in [-0.2, 0) is 6.42 Å². The summed E-state index contributed by atoms with van der Waals surface area (Å²) in [5.74, 6) is 0. The van der Waals surface area contributed by atoms with E-state index in [1.165, 1.54) is 16.7 Å². The molecule has 0 aliphatic carbocycles. The third kappa shape index (κ3) is 2.80. The molecule has 0 unspecified atom stereocenters. The summed E-state index contributed by atoms with van der Waals surface area (Å²) < 4.78 is 0. The van der Waals surface area contributed by atoms with Gasteiger partial charge in [-0.3, -0.25) is 0 Å². The lowest BCUT2D eigenvalue weighted by Gasteiger charge is -2.07. The van der Waals surface area contributed by atoms with Gasteiger partial charge < -0.3 is 5.73 Å². The summed E-state index contributed by atoms with van der Waals surface area (Å²) in [6.45, 7) is 4.19. The van der Waals surface area contributed by atoms with Crippen molar-refractivity contribution in [3.63, 3.8) is 0 Å². The number of nitrogen functional groups attached to an aromatic ring is 1. The largest absolute Gasteiger partial charge is 0.398 e. The van der Waals surface area contributed by atoms with Crippen molar-refractivity contribution in [3.05, 3.63) is 71.3 Å². The van der Waals surface area contributed by atoms with Crippen LogP contribution in [0.4, 0.5) is 5.69 Å². The quantitative estimate of drug-likeness (QED) is 0.794. The maximum Gasteiger partial charge on any atom is 0.0379 e. The Morgan fingerprint density at radius 1 is 1.06 bits per heavy atom. The Bertz CT molecular complexity index is 553. The Morgan fingerprint density at radius 3 is 2.50 bits per heavy atom. The molecule has 0 aliphatic heterocycles. The third-order valence-electron chi connectivity index (χ3n) is 3.27.